The van der Waals surface area contributed by atoms with Gasteiger partial charge in [0.25, 0.3) is 0 Å². The Bertz CT molecular complexity index is 362. The molecule has 2 rings (SSSR count). The van der Waals surface area contributed by atoms with E-state index in [0.717, 1.165) is 6.54 Å². The molecule has 0 amide bonds. The van der Waals surface area contributed by atoms with Crippen LogP contribution in [-0.4, -0.2) is 51.8 Å². The van der Waals surface area contributed by atoms with Gasteiger partial charge in [-0.1, -0.05) is 0 Å². The van der Waals surface area contributed by atoms with Crippen molar-refractivity contribution < 1.29 is 0 Å². The molecule has 1 aliphatic rings. The van der Waals surface area contributed by atoms with Crippen molar-refractivity contribution in [3.05, 3.63) is 18.0 Å². The molecule has 0 radical (unpaired) electrons. The zero-order valence-corrected chi connectivity index (χ0v) is 12.1. The monoisotopic (exact) mass is 250 g/mol. The Hall–Kier alpha value is -0.870. The second-order valence-electron chi connectivity index (χ2n) is 5.83. The van der Waals surface area contributed by atoms with Crippen LogP contribution in [0.15, 0.2) is 12.4 Å². The first kappa shape index (κ1) is 13.6. The number of piperazine rings is 1. The van der Waals surface area contributed by atoms with Crippen LogP contribution in [0.3, 0.4) is 0 Å². The zero-order chi connectivity index (χ0) is 13.1. The Kier molecular flexibility index (Phi) is 4.40. The first-order valence-corrected chi connectivity index (χ1v) is 7.05. The molecule has 0 aromatic carbocycles. The summed E-state index contributed by atoms with van der Waals surface area (Å²) in [5.74, 6) is 0. The van der Waals surface area contributed by atoms with Crippen LogP contribution < -0.4 is 0 Å². The van der Waals surface area contributed by atoms with Crippen molar-refractivity contribution >= 4 is 0 Å². The average molecular weight is 250 g/mol. The lowest BCUT2D eigenvalue weighted by atomic mass is 10.2. The molecule has 102 valence electrons. The lowest BCUT2D eigenvalue weighted by Gasteiger charge is -2.36. The molecule has 0 unspecified atom stereocenters. The third-order valence-corrected chi connectivity index (χ3v) is 3.73. The van der Waals surface area contributed by atoms with E-state index in [2.05, 4.69) is 48.8 Å². The standard InChI is InChI=1S/C14H26N4/c1-12(2)17-7-5-16(6-8-17)10-14-9-15-18(11-14)13(3)4/h9,11-13H,5-8,10H2,1-4H3. The first-order chi connectivity index (χ1) is 8.56. The van der Waals surface area contributed by atoms with Crippen LogP contribution in [0.4, 0.5) is 0 Å². The van der Waals surface area contributed by atoms with E-state index < -0.39 is 0 Å². The predicted octanol–water partition coefficient (Wildman–Crippen LogP) is 1.99. The molecule has 1 aliphatic heterocycles. The highest BCUT2D eigenvalue weighted by atomic mass is 15.3. The number of hydrogen-bond acceptors (Lipinski definition) is 3. The van der Waals surface area contributed by atoms with E-state index >= 15 is 0 Å². The molecule has 0 atom stereocenters. The second kappa shape index (κ2) is 5.85. The highest BCUT2D eigenvalue weighted by molar-refractivity contribution is 5.04. The van der Waals surface area contributed by atoms with Gasteiger partial charge in [0.05, 0.1) is 6.20 Å². The van der Waals surface area contributed by atoms with Crippen LogP contribution >= 0.6 is 0 Å². The minimum absolute atomic E-state index is 0.455. The molecular formula is C14H26N4. The van der Waals surface area contributed by atoms with Crippen molar-refractivity contribution in [1.29, 1.82) is 0 Å². The molecule has 18 heavy (non-hydrogen) atoms. The Labute approximate surface area is 111 Å². The summed E-state index contributed by atoms with van der Waals surface area (Å²) in [4.78, 5) is 5.08. The van der Waals surface area contributed by atoms with E-state index in [1.54, 1.807) is 0 Å². The van der Waals surface area contributed by atoms with Gasteiger partial charge >= 0.3 is 0 Å². The van der Waals surface area contributed by atoms with Crippen LogP contribution in [-0.2, 0) is 6.54 Å². The lowest BCUT2D eigenvalue weighted by molar-refractivity contribution is 0.104. The fourth-order valence-electron chi connectivity index (χ4n) is 2.44. The summed E-state index contributed by atoms with van der Waals surface area (Å²) in [5, 5.41) is 4.40. The quantitative estimate of drug-likeness (QED) is 0.817. The molecule has 0 N–H and O–H groups in total. The normalized spacial score (nSPS) is 19.0. The third-order valence-electron chi connectivity index (χ3n) is 3.73. The molecule has 0 spiro atoms. The van der Waals surface area contributed by atoms with Gasteiger partial charge in [-0.2, -0.15) is 5.10 Å². The van der Waals surface area contributed by atoms with Crippen LogP contribution in [0, 0.1) is 0 Å². The summed E-state index contributed by atoms with van der Waals surface area (Å²) in [6, 6.07) is 1.13. The van der Waals surface area contributed by atoms with Gasteiger partial charge in [0.2, 0.25) is 0 Å². The summed E-state index contributed by atoms with van der Waals surface area (Å²) in [7, 11) is 0. The van der Waals surface area contributed by atoms with Crippen molar-refractivity contribution in [3.63, 3.8) is 0 Å². The van der Waals surface area contributed by atoms with E-state index in [-0.39, 0.29) is 0 Å². The molecule has 4 heteroatoms. The van der Waals surface area contributed by atoms with Gasteiger partial charge in [-0.15, -0.1) is 0 Å². The highest BCUT2D eigenvalue weighted by Crippen LogP contribution is 2.11. The van der Waals surface area contributed by atoms with Crippen molar-refractivity contribution in [2.24, 2.45) is 0 Å². The zero-order valence-electron chi connectivity index (χ0n) is 12.1. The largest absolute Gasteiger partial charge is 0.298 e. The molecule has 1 saturated heterocycles. The molecule has 1 aromatic heterocycles. The third kappa shape index (κ3) is 3.33. The highest BCUT2D eigenvalue weighted by Gasteiger charge is 2.19. The van der Waals surface area contributed by atoms with Gasteiger partial charge in [-0.25, -0.2) is 0 Å². The number of hydrogen-bond donors (Lipinski definition) is 0. The summed E-state index contributed by atoms with van der Waals surface area (Å²) in [6.07, 6.45) is 4.19. The van der Waals surface area contributed by atoms with Gasteiger partial charge in [0.15, 0.2) is 0 Å². The SMILES string of the molecule is CC(C)N1CCN(Cc2cnn(C(C)C)c2)CC1. The number of aromatic nitrogens is 2. The summed E-state index contributed by atoms with van der Waals surface area (Å²) in [5.41, 5.74) is 1.33. The molecular weight excluding hydrogens is 224 g/mol. The molecule has 2 heterocycles. The average Bonchev–Trinajstić information content (AvgIpc) is 2.78. The second-order valence-corrected chi connectivity index (χ2v) is 5.83. The topological polar surface area (TPSA) is 24.3 Å². The van der Waals surface area contributed by atoms with E-state index in [4.69, 9.17) is 0 Å². The van der Waals surface area contributed by atoms with E-state index in [9.17, 15) is 0 Å². The van der Waals surface area contributed by atoms with Crippen molar-refractivity contribution in [2.45, 2.75) is 46.3 Å². The number of nitrogens with zero attached hydrogens (tertiary/aromatic N) is 4. The molecule has 1 aromatic rings. The Morgan fingerprint density at radius 1 is 1.06 bits per heavy atom. The van der Waals surface area contributed by atoms with Crippen molar-refractivity contribution in [1.82, 2.24) is 19.6 Å². The minimum Gasteiger partial charge on any atom is -0.298 e. The van der Waals surface area contributed by atoms with Gasteiger partial charge in [0.1, 0.15) is 0 Å². The van der Waals surface area contributed by atoms with Crippen molar-refractivity contribution in [2.75, 3.05) is 26.2 Å². The summed E-state index contributed by atoms with van der Waals surface area (Å²) < 4.78 is 2.04. The molecule has 0 aliphatic carbocycles. The molecule has 4 nitrogen and oxygen atoms in total. The fourth-order valence-corrected chi connectivity index (χ4v) is 2.44. The van der Waals surface area contributed by atoms with Crippen LogP contribution in [0.5, 0.6) is 0 Å². The summed E-state index contributed by atoms with van der Waals surface area (Å²) in [6.45, 7) is 14.7. The molecule has 1 fully saturated rings. The molecule has 0 saturated carbocycles. The fraction of sp³-hybridized carbons (Fsp3) is 0.786. The van der Waals surface area contributed by atoms with Gasteiger partial charge < -0.3 is 0 Å². The maximum Gasteiger partial charge on any atom is 0.0534 e. The van der Waals surface area contributed by atoms with Crippen LogP contribution in [0.25, 0.3) is 0 Å². The Morgan fingerprint density at radius 2 is 1.72 bits per heavy atom. The van der Waals surface area contributed by atoms with Crippen molar-refractivity contribution in [3.8, 4) is 0 Å². The van der Waals surface area contributed by atoms with Gasteiger partial charge in [-0.05, 0) is 27.7 Å². The maximum absolute atomic E-state index is 4.40. The predicted molar refractivity (Wildman–Crippen MR) is 74.6 cm³/mol. The maximum atomic E-state index is 4.40. The van der Waals surface area contributed by atoms with E-state index in [1.807, 2.05) is 10.9 Å². The van der Waals surface area contributed by atoms with E-state index in [0.29, 0.717) is 12.1 Å². The Morgan fingerprint density at radius 3 is 2.22 bits per heavy atom. The van der Waals surface area contributed by atoms with E-state index in [1.165, 1.54) is 31.7 Å². The first-order valence-electron chi connectivity index (χ1n) is 7.05. The van der Waals surface area contributed by atoms with Crippen LogP contribution in [0.2, 0.25) is 0 Å². The summed E-state index contributed by atoms with van der Waals surface area (Å²) >= 11 is 0. The lowest BCUT2D eigenvalue weighted by Crippen LogP contribution is -2.48. The smallest absolute Gasteiger partial charge is 0.0534 e. The minimum atomic E-state index is 0.455. The Balaban J connectivity index is 1.84. The van der Waals surface area contributed by atoms with Gasteiger partial charge in [-0.3, -0.25) is 14.5 Å². The molecule has 0 bridgehead atoms. The van der Waals surface area contributed by atoms with Crippen LogP contribution in [0.1, 0.15) is 39.3 Å². The van der Waals surface area contributed by atoms with Gasteiger partial charge in [0, 0.05) is 56.6 Å². The number of rotatable bonds is 4.